The van der Waals surface area contributed by atoms with Gasteiger partial charge in [0, 0.05) is 23.1 Å². The highest BCUT2D eigenvalue weighted by Gasteiger charge is 2.17. The molecule has 1 atom stereocenters. The van der Waals surface area contributed by atoms with Gasteiger partial charge in [-0.25, -0.2) is 0 Å². The molecule has 1 unspecified atom stereocenters. The maximum atomic E-state index is 10.5. The largest absolute Gasteiger partial charge is 0.490 e. The van der Waals surface area contributed by atoms with E-state index in [0.717, 1.165) is 15.8 Å². The lowest BCUT2D eigenvalue weighted by atomic mass is 10.2. The number of ether oxygens (including phenoxy) is 1. The first kappa shape index (κ1) is 21.2. The smallest absolute Gasteiger partial charge is 0.133 e. The first-order chi connectivity index (χ1) is 13.5. The quantitative estimate of drug-likeness (QED) is 0.417. The number of benzene rings is 2. The number of aliphatic hydroxyl groups excluding tert-OH is 1. The molecule has 1 N–H and O–H groups in total. The summed E-state index contributed by atoms with van der Waals surface area (Å²) in [6.07, 6.45) is 0.947. The molecule has 1 heterocycles. The normalized spacial score (nSPS) is 12.3. The summed E-state index contributed by atoms with van der Waals surface area (Å²) in [6.45, 7) is 1.65. The van der Waals surface area contributed by atoms with Gasteiger partial charge in [-0.2, -0.15) is 0 Å². The lowest BCUT2D eigenvalue weighted by Crippen LogP contribution is -2.35. The third-order valence-electron chi connectivity index (χ3n) is 4.11. The second-order valence-electron chi connectivity index (χ2n) is 6.38. The summed E-state index contributed by atoms with van der Waals surface area (Å²) in [6, 6.07) is 16.7. The van der Waals surface area contributed by atoms with Crippen LogP contribution in [0.2, 0.25) is 10.0 Å². The van der Waals surface area contributed by atoms with Gasteiger partial charge in [-0.15, -0.1) is 0 Å². The number of rotatable bonds is 9. The molecule has 3 rings (SSSR count). The van der Waals surface area contributed by atoms with Crippen molar-refractivity contribution < 1.29 is 14.3 Å². The summed E-state index contributed by atoms with van der Waals surface area (Å²) >= 11 is 15.8. The van der Waals surface area contributed by atoms with E-state index in [1.807, 2.05) is 42.5 Å². The van der Waals surface area contributed by atoms with E-state index in [-0.39, 0.29) is 6.61 Å². The van der Waals surface area contributed by atoms with Crippen LogP contribution in [0.25, 0.3) is 0 Å². The van der Waals surface area contributed by atoms with Crippen LogP contribution in [-0.4, -0.2) is 29.3 Å². The van der Waals surface area contributed by atoms with Crippen molar-refractivity contribution in [2.24, 2.45) is 0 Å². The van der Waals surface area contributed by atoms with Gasteiger partial charge in [-0.3, -0.25) is 4.90 Å². The molecule has 0 amide bonds. The maximum Gasteiger partial charge on any atom is 0.133 e. The molecule has 28 heavy (non-hydrogen) atoms. The fourth-order valence-electron chi connectivity index (χ4n) is 2.80. The molecule has 7 heteroatoms. The topological polar surface area (TPSA) is 45.8 Å². The minimum atomic E-state index is -0.687. The molecule has 4 nitrogen and oxygen atoms in total. The summed E-state index contributed by atoms with van der Waals surface area (Å²) in [5.41, 5.74) is 0.927. The van der Waals surface area contributed by atoms with Gasteiger partial charge in [-0.1, -0.05) is 41.4 Å². The fraction of sp³-hybridized carbons (Fsp3) is 0.238. The fourth-order valence-corrected chi connectivity index (χ4v) is 3.66. The third kappa shape index (κ3) is 6.26. The van der Waals surface area contributed by atoms with Gasteiger partial charge in [0.25, 0.3) is 0 Å². The third-order valence-corrected chi connectivity index (χ3v) is 5.35. The highest BCUT2D eigenvalue weighted by molar-refractivity contribution is 9.10. The average molecular weight is 485 g/mol. The summed E-state index contributed by atoms with van der Waals surface area (Å²) in [5.74, 6) is 1.50. The van der Waals surface area contributed by atoms with E-state index in [2.05, 4.69) is 20.8 Å². The second-order valence-corrected chi connectivity index (χ2v) is 8.08. The van der Waals surface area contributed by atoms with Gasteiger partial charge < -0.3 is 14.3 Å². The standard InChI is InChI=1S/C21H20BrCl2NO3/c22-19-5-1-2-6-21(19)28-14-17(26)12-25(13-18-4-3-9-27-18)11-15-7-8-16(23)10-20(15)24/h1-10,17,26H,11-14H2. The molecule has 0 aliphatic rings. The van der Waals surface area contributed by atoms with Crippen molar-refractivity contribution in [1.82, 2.24) is 4.90 Å². The molecule has 2 aromatic carbocycles. The van der Waals surface area contributed by atoms with Crippen molar-refractivity contribution in [2.45, 2.75) is 19.2 Å². The molecule has 3 aromatic rings. The summed E-state index contributed by atoms with van der Waals surface area (Å²) in [5, 5.41) is 11.7. The lowest BCUT2D eigenvalue weighted by Gasteiger charge is -2.25. The molecule has 0 spiro atoms. The zero-order chi connectivity index (χ0) is 19.9. The van der Waals surface area contributed by atoms with Crippen LogP contribution < -0.4 is 4.74 Å². The number of hydrogen-bond acceptors (Lipinski definition) is 4. The monoisotopic (exact) mass is 483 g/mol. The molecule has 0 fully saturated rings. The maximum absolute atomic E-state index is 10.5. The minimum absolute atomic E-state index is 0.172. The number of nitrogens with zero attached hydrogens (tertiary/aromatic N) is 1. The van der Waals surface area contributed by atoms with Gasteiger partial charge in [0.1, 0.15) is 24.2 Å². The van der Waals surface area contributed by atoms with E-state index in [1.165, 1.54) is 0 Å². The first-order valence-corrected chi connectivity index (χ1v) is 10.3. The lowest BCUT2D eigenvalue weighted by molar-refractivity contribution is 0.0602. The predicted molar refractivity (Wildman–Crippen MR) is 115 cm³/mol. The van der Waals surface area contributed by atoms with Crippen LogP contribution in [0.1, 0.15) is 11.3 Å². The van der Waals surface area contributed by atoms with Crippen LogP contribution in [0.3, 0.4) is 0 Å². The number of aliphatic hydroxyl groups is 1. The molecule has 0 aliphatic heterocycles. The molecule has 0 bridgehead atoms. The Bertz CT molecular complexity index is 889. The van der Waals surface area contributed by atoms with Crippen LogP contribution in [0.15, 0.2) is 69.8 Å². The average Bonchev–Trinajstić information content (AvgIpc) is 3.16. The second kappa shape index (κ2) is 10.3. The van der Waals surface area contributed by atoms with E-state index < -0.39 is 6.10 Å². The number of halogens is 3. The van der Waals surface area contributed by atoms with Crippen LogP contribution in [-0.2, 0) is 13.1 Å². The zero-order valence-corrected chi connectivity index (χ0v) is 18.1. The van der Waals surface area contributed by atoms with Crippen LogP contribution in [0.4, 0.5) is 0 Å². The SMILES string of the molecule is OC(COc1ccccc1Br)CN(Cc1ccco1)Cc1ccc(Cl)cc1Cl. The number of furan rings is 1. The van der Waals surface area contributed by atoms with Gasteiger partial charge in [-0.05, 0) is 57.9 Å². The van der Waals surface area contributed by atoms with Crippen LogP contribution >= 0.6 is 39.1 Å². The Balaban J connectivity index is 1.65. The molecule has 0 aliphatic carbocycles. The molecule has 0 radical (unpaired) electrons. The Hall–Kier alpha value is -1.50. The van der Waals surface area contributed by atoms with Crippen molar-refractivity contribution in [3.05, 3.63) is 86.7 Å². The highest BCUT2D eigenvalue weighted by Crippen LogP contribution is 2.25. The summed E-state index contributed by atoms with van der Waals surface area (Å²) in [7, 11) is 0. The molecular formula is C21H20BrCl2NO3. The van der Waals surface area contributed by atoms with Crippen molar-refractivity contribution >= 4 is 39.1 Å². The van der Waals surface area contributed by atoms with E-state index in [1.54, 1.807) is 18.4 Å². The van der Waals surface area contributed by atoms with Gasteiger partial charge in [0.05, 0.1) is 17.3 Å². The zero-order valence-electron chi connectivity index (χ0n) is 15.0. The van der Waals surface area contributed by atoms with Crippen LogP contribution in [0, 0.1) is 0 Å². The number of hydrogen-bond donors (Lipinski definition) is 1. The van der Waals surface area contributed by atoms with Crippen molar-refractivity contribution in [3.8, 4) is 5.75 Å². The minimum Gasteiger partial charge on any atom is -0.490 e. The van der Waals surface area contributed by atoms with E-state index in [4.69, 9.17) is 32.4 Å². The van der Waals surface area contributed by atoms with E-state index >= 15 is 0 Å². The van der Waals surface area contributed by atoms with Crippen LogP contribution in [0.5, 0.6) is 5.75 Å². The molecule has 0 saturated carbocycles. The van der Waals surface area contributed by atoms with Gasteiger partial charge >= 0.3 is 0 Å². The molecule has 148 valence electrons. The number of para-hydroxylation sites is 1. The summed E-state index contributed by atoms with van der Waals surface area (Å²) < 4.78 is 12.0. The summed E-state index contributed by atoms with van der Waals surface area (Å²) in [4.78, 5) is 2.06. The Morgan fingerprint density at radius 3 is 2.61 bits per heavy atom. The molecule has 0 saturated heterocycles. The molecular weight excluding hydrogens is 465 g/mol. The van der Waals surface area contributed by atoms with E-state index in [0.29, 0.717) is 35.4 Å². The first-order valence-electron chi connectivity index (χ1n) is 8.75. The Morgan fingerprint density at radius 2 is 1.89 bits per heavy atom. The van der Waals surface area contributed by atoms with Gasteiger partial charge in [0.2, 0.25) is 0 Å². The van der Waals surface area contributed by atoms with Gasteiger partial charge in [0.15, 0.2) is 0 Å². The Labute approximate surface area is 182 Å². The highest BCUT2D eigenvalue weighted by atomic mass is 79.9. The predicted octanol–water partition coefficient (Wildman–Crippen LogP) is 5.79. The van der Waals surface area contributed by atoms with E-state index in [9.17, 15) is 5.11 Å². The molecule has 1 aromatic heterocycles. The Kier molecular flexibility index (Phi) is 7.82. The van der Waals surface area contributed by atoms with Crippen molar-refractivity contribution in [2.75, 3.05) is 13.2 Å². The Morgan fingerprint density at radius 1 is 1.07 bits per heavy atom. The van der Waals surface area contributed by atoms with Crippen molar-refractivity contribution in [3.63, 3.8) is 0 Å². The van der Waals surface area contributed by atoms with Crippen molar-refractivity contribution in [1.29, 1.82) is 0 Å².